The normalized spacial score (nSPS) is 19.5. The highest BCUT2D eigenvalue weighted by Gasteiger charge is 2.24. The van der Waals surface area contributed by atoms with Crippen molar-refractivity contribution in [3.8, 4) is 0 Å². The Morgan fingerprint density at radius 2 is 2.32 bits per heavy atom. The highest BCUT2D eigenvalue weighted by molar-refractivity contribution is 5.76. The lowest BCUT2D eigenvalue weighted by atomic mass is 10.1. The highest BCUT2D eigenvalue weighted by Crippen LogP contribution is 2.11. The molecule has 7 heteroatoms. The van der Waals surface area contributed by atoms with Gasteiger partial charge in [-0.15, -0.1) is 0 Å². The smallest absolute Gasteiger partial charge is 0.228 e. The molecule has 0 radical (unpaired) electrons. The van der Waals surface area contributed by atoms with Crippen molar-refractivity contribution in [3.63, 3.8) is 0 Å². The summed E-state index contributed by atoms with van der Waals surface area (Å²) in [5, 5.41) is 6.71. The molecule has 1 aliphatic rings. The lowest BCUT2D eigenvalue weighted by Crippen LogP contribution is -2.47. The van der Waals surface area contributed by atoms with Crippen LogP contribution in [0.3, 0.4) is 0 Å². The van der Waals surface area contributed by atoms with Gasteiger partial charge in [0.05, 0.1) is 19.1 Å². The minimum absolute atomic E-state index is 0.00540. The first-order chi connectivity index (χ1) is 10.6. The first kappa shape index (κ1) is 16.9. The molecule has 0 aromatic carbocycles. The van der Waals surface area contributed by atoms with Gasteiger partial charge in [-0.25, -0.2) is 0 Å². The van der Waals surface area contributed by atoms with Gasteiger partial charge in [0.1, 0.15) is 0 Å². The summed E-state index contributed by atoms with van der Waals surface area (Å²) in [4.78, 5) is 18.5. The minimum Gasteiger partial charge on any atom is -0.375 e. The molecule has 1 aromatic heterocycles. The second kappa shape index (κ2) is 8.24. The van der Waals surface area contributed by atoms with E-state index in [1.165, 1.54) is 0 Å². The zero-order valence-corrected chi connectivity index (χ0v) is 13.7. The average molecular weight is 310 g/mol. The number of carbonyl (C=O) groups is 1. The van der Waals surface area contributed by atoms with Crippen molar-refractivity contribution in [2.75, 3.05) is 26.2 Å². The van der Waals surface area contributed by atoms with Gasteiger partial charge in [-0.1, -0.05) is 12.1 Å². The van der Waals surface area contributed by atoms with Gasteiger partial charge in [0.25, 0.3) is 0 Å². The summed E-state index contributed by atoms with van der Waals surface area (Å²) < 4.78 is 10.8. The van der Waals surface area contributed by atoms with Crippen LogP contribution in [-0.4, -0.2) is 59.3 Å². The van der Waals surface area contributed by atoms with Crippen molar-refractivity contribution in [2.45, 2.75) is 52.2 Å². The Morgan fingerprint density at radius 3 is 3.00 bits per heavy atom. The molecule has 1 N–H and O–H groups in total. The Hall–Kier alpha value is -1.47. The van der Waals surface area contributed by atoms with Crippen molar-refractivity contribution in [3.05, 3.63) is 11.7 Å². The molecule has 1 unspecified atom stereocenters. The fourth-order valence-electron chi connectivity index (χ4n) is 2.46. The fraction of sp³-hybridized carbons (Fsp3) is 0.800. The van der Waals surface area contributed by atoms with E-state index >= 15 is 0 Å². The van der Waals surface area contributed by atoms with Crippen molar-refractivity contribution in [1.29, 1.82) is 0 Å². The Bertz CT molecular complexity index is 475. The van der Waals surface area contributed by atoms with Gasteiger partial charge in [-0.05, 0) is 13.8 Å². The van der Waals surface area contributed by atoms with Gasteiger partial charge in [0.15, 0.2) is 5.82 Å². The van der Waals surface area contributed by atoms with Crippen LogP contribution >= 0.6 is 0 Å². The van der Waals surface area contributed by atoms with Crippen LogP contribution in [0.25, 0.3) is 0 Å². The Kier molecular flexibility index (Phi) is 6.33. The third kappa shape index (κ3) is 5.06. The molecule has 0 aliphatic carbocycles. The number of hydrogen-bond donors (Lipinski definition) is 1. The number of ether oxygens (including phenoxy) is 1. The van der Waals surface area contributed by atoms with E-state index in [0.29, 0.717) is 43.8 Å². The van der Waals surface area contributed by atoms with Crippen LogP contribution in [0, 0.1) is 0 Å². The van der Waals surface area contributed by atoms with Crippen molar-refractivity contribution in [2.24, 2.45) is 0 Å². The van der Waals surface area contributed by atoms with E-state index in [9.17, 15) is 4.79 Å². The highest BCUT2D eigenvalue weighted by atomic mass is 16.5. The number of amides is 1. The molecule has 1 saturated heterocycles. The summed E-state index contributed by atoms with van der Waals surface area (Å²) in [6.45, 7) is 9.25. The third-order valence-corrected chi connectivity index (χ3v) is 3.80. The molecular weight excluding hydrogens is 284 g/mol. The zero-order valence-electron chi connectivity index (χ0n) is 13.7. The maximum atomic E-state index is 12.0. The molecule has 1 atom stereocenters. The molecule has 1 aliphatic heterocycles. The fourth-order valence-corrected chi connectivity index (χ4v) is 2.46. The van der Waals surface area contributed by atoms with Crippen molar-refractivity contribution in [1.82, 2.24) is 20.4 Å². The van der Waals surface area contributed by atoms with E-state index in [0.717, 1.165) is 19.5 Å². The Labute approximate surface area is 131 Å². The molecule has 7 nitrogen and oxygen atoms in total. The number of nitrogens with one attached hydrogen (secondary N) is 1. The molecule has 1 amide bonds. The SMILES string of the molecule is CCc1noc(CCNC(=O)CC2CN(C(C)C)CCO2)n1. The standard InChI is InChI=1S/C15H26N4O3/c1-4-13-17-15(22-18-13)5-6-16-14(20)9-12-10-19(11(2)3)7-8-21-12/h11-12H,4-10H2,1-3H3,(H,16,20). The lowest BCUT2D eigenvalue weighted by Gasteiger charge is -2.35. The van der Waals surface area contributed by atoms with Crippen LogP contribution in [-0.2, 0) is 22.4 Å². The average Bonchev–Trinajstić information content (AvgIpc) is 2.95. The topological polar surface area (TPSA) is 80.5 Å². The summed E-state index contributed by atoms with van der Waals surface area (Å²) >= 11 is 0. The molecule has 2 heterocycles. The number of aryl methyl sites for hydroxylation is 1. The molecule has 1 aromatic rings. The van der Waals surface area contributed by atoms with E-state index in [-0.39, 0.29) is 12.0 Å². The second-order valence-electron chi connectivity index (χ2n) is 5.84. The Morgan fingerprint density at radius 1 is 1.50 bits per heavy atom. The van der Waals surface area contributed by atoms with E-state index in [4.69, 9.17) is 9.26 Å². The van der Waals surface area contributed by atoms with Crippen molar-refractivity contribution < 1.29 is 14.1 Å². The third-order valence-electron chi connectivity index (χ3n) is 3.80. The number of hydrogen-bond acceptors (Lipinski definition) is 6. The summed E-state index contributed by atoms with van der Waals surface area (Å²) in [5.74, 6) is 1.27. The van der Waals surface area contributed by atoms with Crippen LogP contribution in [0.4, 0.5) is 0 Å². The maximum absolute atomic E-state index is 12.0. The largest absolute Gasteiger partial charge is 0.375 e. The molecule has 0 spiro atoms. The molecule has 0 saturated carbocycles. The van der Waals surface area contributed by atoms with Crippen LogP contribution in [0.1, 0.15) is 38.9 Å². The van der Waals surface area contributed by atoms with Gasteiger partial charge < -0.3 is 14.6 Å². The monoisotopic (exact) mass is 310 g/mol. The van der Waals surface area contributed by atoms with Crippen molar-refractivity contribution >= 4 is 5.91 Å². The number of morpholine rings is 1. The van der Waals surface area contributed by atoms with Gasteiger partial charge in [0, 0.05) is 38.5 Å². The lowest BCUT2D eigenvalue weighted by molar-refractivity contribution is -0.126. The van der Waals surface area contributed by atoms with E-state index in [1.807, 2.05) is 6.92 Å². The van der Waals surface area contributed by atoms with Gasteiger partial charge in [-0.3, -0.25) is 9.69 Å². The summed E-state index contributed by atoms with van der Waals surface area (Å²) in [5.41, 5.74) is 0. The minimum atomic E-state index is -0.0220. The second-order valence-corrected chi connectivity index (χ2v) is 5.84. The summed E-state index contributed by atoms with van der Waals surface area (Å²) in [6.07, 6.45) is 1.68. The zero-order chi connectivity index (χ0) is 15.9. The maximum Gasteiger partial charge on any atom is 0.228 e. The van der Waals surface area contributed by atoms with E-state index in [2.05, 4.69) is 34.2 Å². The molecular formula is C15H26N4O3. The quantitative estimate of drug-likeness (QED) is 0.802. The number of rotatable bonds is 7. The predicted molar refractivity (Wildman–Crippen MR) is 81.5 cm³/mol. The van der Waals surface area contributed by atoms with Gasteiger partial charge in [-0.2, -0.15) is 4.98 Å². The first-order valence-corrected chi connectivity index (χ1v) is 8.02. The van der Waals surface area contributed by atoms with E-state index < -0.39 is 0 Å². The van der Waals surface area contributed by atoms with Gasteiger partial charge >= 0.3 is 0 Å². The molecule has 2 rings (SSSR count). The molecule has 22 heavy (non-hydrogen) atoms. The van der Waals surface area contributed by atoms with Crippen LogP contribution < -0.4 is 5.32 Å². The molecule has 124 valence electrons. The van der Waals surface area contributed by atoms with Gasteiger partial charge in [0.2, 0.25) is 11.8 Å². The first-order valence-electron chi connectivity index (χ1n) is 8.02. The van der Waals surface area contributed by atoms with Crippen LogP contribution in [0.5, 0.6) is 0 Å². The predicted octanol–water partition coefficient (Wildman–Crippen LogP) is 0.790. The summed E-state index contributed by atoms with van der Waals surface area (Å²) in [7, 11) is 0. The summed E-state index contributed by atoms with van der Waals surface area (Å²) in [6, 6.07) is 0.486. The molecule has 0 bridgehead atoms. The number of aromatic nitrogens is 2. The Balaban J connectivity index is 1.67. The van der Waals surface area contributed by atoms with Crippen LogP contribution in [0.2, 0.25) is 0 Å². The van der Waals surface area contributed by atoms with Crippen LogP contribution in [0.15, 0.2) is 4.52 Å². The number of carbonyl (C=O) groups excluding carboxylic acids is 1. The number of nitrogens with zero attached hydrogens (tertiary/aromatic N) is 3. The van der Waals surface area contributed by atoms with E-state index in [1.54, 1.807) is 0 Å². The molecule has 1 fully saturated rings.